The first-order valence-corrected chi connectivity index (χ1v) is 9.17. The molecule has 28 heavy (non-hydrogen) atoms. The molecule has 3 aromatic rings. The Kier molecular flexibility index (Phi) is 5.94. The molecule has 0 radical (unpaired) electrons. The fourth-order valence-corrected chi connectivity index (χ4v) is 3.47. The van der Waals surface area contributed by atoms with Gasteiger partial charge >= 0.3 is 0 Å². The van der Waals surface area contributed by atoms with Gasteiger partial charge in [-0.1, -0.05) is 42.5 Å². The summed E-state index contributed by atoms with van der Waals surface area (Å²) in [5.41, 5.74) is 1.67. The number of amides is 1. The number of hydrogen-bond acceptors (Lipinski definition) is 5. The van der Waals surface area contributed by atoms with Gasteiger partial charge in [0, 0.05) is 28.4 Å². The lowest BCUT2D eigenvalue weighted by Gasteiger charge is -2.04. The summed E-state index contributed by atoms with van der Waals surface area (Å²) in [6.07, 6.45) is 1.52. The van der Waals surface area contributed by atoms with Crippen molar-refractivity contribution in [1.82, 2.24) is 5.32 Å². The van der Waals surface area contributed by atoms with Crippen molar-refractivity contribution in [2.45, 2.75) is 6.54 Å². The third kappa shape index (κ3) is 4.69. The summed E-state index contributed by atoms with van der Waals surface area (Å²) in [6, 6.07) is 21.3. The first-order chi connectivity index (χ1) is 13.6. The van der Waals surface area contributed by atoms with Crippen molar-refractivity contribution in [2.24, 2.45) is 0 Å². The fraction of sp³-hybridized carbons (Fsp3) is 0.0476. The van der Waals surface area contributed by atoms with E-state index in [0.717, 1.165) is 10.4 Å². The number of nitrogens with one attached hydrogen (secondary N) is 1. The van der Waals surface area contributed by atoms with Gasteiger partial charge in [-0.15, -0.1) is 11.3 Å². The Morgan fingerprint density at radius 3 is 2.64 bits per heavy atom. The van der Waals surface area contributed by atoms with E-state index in [1.54, 1.807) is 18.2 Å². The lowest BCUT2D eigenvalue weighted by molar-refractivity contribution is -0.384. The van der Waals surface area contributed by atoms with E-state index in [4.69, 9.17) is 0 Å². The van der Waals surface area contributed by atoms with Crippen LogP contribution in [0.1, 0.15) is 10.4 Å². The summed E-state index contributed by atoms with van der Waals surface area (Å²) in [4.78, 5) is 24.3. The van der Waals surface area contributed by atoms with Crippen LogP contribution >= 0.6 is 11.3 Å². The van der Waals surface area contributed by atoms with Crippen molar-refractivity contribution >= 4 is 29.0 Å². The minimum atomic E-state index is -0.448. The molecule has 0 spiro atoms. The van der Waals surface area contributed by atoms with Gasteiger partial charge in [0.1, 0.15) is 11.6 Å². The van der Waals surface area contributed by atoms with Gasteiger partial charge in [-0.3, -0.25) is 14.9 Å². The summed E-state index contributed by atoms with van der Waals surface area (Å²) in [5, 5.41) is 23.0. The molecule has 0 aliphatic carbocycles. The first-order valence-electron chi connectivity index (χ1n) is 8.35. The maximum Gasteiger partial charge on any atom is 0.270 e. The second-order valence-electron chi connectivity index (χ2n) is 5.85. The fourth-order valence-electron chi connectivity index (χ4n) is 2.52. The topological polar surface area (TPSA) is 96.0 Å². The zero-order chi connectivity index (χ0) is 19.9. The minimum Gasteiger partial charge on any atom is -0.347 e. The third-order valence-electron chi connectivity index (χ3n) is 3.92. The summed E-state index contributed by atoms with van der Waals surface area (Å²) < 4.78 is 0. The first kappa shape index (κ1) is 19.0. The van der Waals surface area contributed by atoms with E-state index < -0.39 is 10.8 Å². The number of thiophene rings is 1. The van der Waals surface area contributed by atoms with E-state index in [9.17, 15) is 20.2 Å². The Bertz CT molecular complexity index is 1080. The number of non-ortho nitro benzene ring substituents is 1. The van der Waals surface area contributed by atoms with Gasteiger partial charge in [0.2, 0.25) is 0 Å². The van der Waals surface area contributed by atoms with Crippen molar-refractivity contribution in [3.63, 3.8) is 0 Å². The van der Waals surface area contributed by atoms with Crippen molar-refractivity contribution in [1.29, 1.82) is 5.26 Å². The Morgan fingerprint density at radius 2 is 1.93 bits per heavy atom. The van der Waals surface area contributed by atoms with Gasteiger partial charge in [0.15, 0.2) is 0 Å². The molecular weight excluding hydrogens is 374 g/mol. The average molecular weight is 389 g/mol. The lowest BCUT2D eigenvalue weighted by atomic mass is 10.1. The van der Waals surface area contributed by atoms with Gasteiger partial charge in [0.05, 0.1) is 4.92 Å². The predicted octanol–water partition coefficient (Wildman–Crippen LogP) is 4.55. The molecule has 0 saturated heterocycles. The van der Waals surface area contributed by atoms with Crippen molar-refractivity contribution in [2.75, 3.05) is 0 Å². The Hall–Kier alpha value is -3.76. The van der Waals surface area contributed by atoms with E-state index in [1.807, 2.05) is 42.5 Å². The second-order valence-corrected chi connectivity index (χ2v) is 6.96. The lowest BCUT2D eigenvalue weighted by Crippen LogP contribution is -2.23. The second kappa shape index (κ2) is 8.75. The Labute approximate surface area is 165 Å². The van der Waals surface area contributed by atoms with Crippen LogP contribution in [0, 0.1) is 21.4 Å². The van der Waals surface area contributed by atoms with Crippen molar-refractivity contribution < 1.29 is 9.72 Å². The number of benzene rings is 2. The molecule has 6 nitrogen and oxygen atoms in total. The SMILES string of the molecule is N#C/C(=C\c1ccc(-c2cccc([N+](=O)[O-])c2)s1)C(=O)NCc1ccccc1. The van der Waals surface area contributed by atoms with Gasteiger partial charge in [-0.25, -0.2) is 0 Å². The van der Waals surface area contributed by atoms with Crippen LogP contribution in [0.15, 0.2) is 72.3 Å². The normalized spacial score (nSPS) is 10.9. The van der Waals surface area contributed by atoms with Gasteiger partial charge in [-0.2, -0.15) is 5.26 Å². The molecule has 0 fully saturated rings. The zero-order valence-corrected chi connectivity index (χ0v) is 15.5. The molecule has 1 aromatic heterocycles. The van der Waals surface area contributed by atoms with Gasteiger partial charge < -0.3 is 5.32 Å². The molecule has 0 saturated carbocycles. The monoisotopic (exact) mass is 389 g/mol. The van der Waals surface area contributed by atoms with Crippen molar-refractivity contribution in [3.05, 3.63) is 92.9 Å². The molecule has 2 aromatic carbocycles. The Morgan fingerprint density at radius 1 is 1.14 bits per heavy atom. The van der Waals surface area contributed by atoms with Crippen molar-refractivity contribution in [3.8, 4) is 16.5 Å². The summed E-state index contributed by atoms with van der Waals surface area (Å²) >= 11 is 1.35. The molecule has 1 N–H and O–H groups in total. The highest BCUT2D eigenvalue weighted by atomic mass is 32.1. The molecule has 7 heteroatoms. The van der Waals surface area contributed by atoms with E-state index in [1.165, 1.54) is 29.5 Å². The van der Waals surface area contributed by atoms with Crippen LogP contribution in [-0.4, -0.2) is 10.8 Å². The maximum absolute atomic E-state index is 12.3. The van der Waals surface area contributed by atoms with Crippen LogP contribution in [-0.2, 0) is 11.3 Å². The molecular formula is C21H15N3O3S. The molecule has 0 unspecified atom stereocenters. The van der Waals surface area contributed by atoms with Crippen LogP contribution in [0.4, 0.5) is 5.69 Å². The highest BCUT2D eigenvalue weighted by Crippen LogP contribution is 2.31. The number of nitriles is 1. The van der Waals surface area contributed by atoms with E-state index in [0.29, 0.717) is 17.0 Å². The highest BCUT2D eigenvalue weighted by molar-refractivity contribution is 7.16. The average Bonchev–Trinajstić information content (AvgIpc) is 3.20. The number of carbonyl (C=O) groups is 1. The predicted molar refractivity (Wildman–Crippen MR) is 108 cm³/mol. The number of nitrogens with zero attached hydrogens (tertiary/aromatic N) is 2. The summed E-state index contributed by atoms with van der Waals surface area (Å²) in [5.74, 6) is -0.448. The summed E-state index contributed by atoms with van der Waals surface area (Å²) in [6.45, 7) is 0.335. The molecule has 1 amide bonds. The van der Waals surface area contributed by atoms with Gasteiger partial charge in [0.25, 0.3) is 11.6 Å². The highest BCUT2D eigenvalue weighted by Gasteiger charge is 2.11. The van der Waals surface area contributed by atoms with Crippen LogP contribution in [0.2, 0.25) is 0 Å². The molecule has 0 aliphatic rings. The third-order valence-corrected chi connectivity index (χ3v) is 5.00. The quantitative estimate of drug-likeness (QED) is 0.290. The van der Waals surface area contributed by atoms with E-state index in [-0.39, 0.29) is 11.3 Å². The molecule has 138 valence electrons. The smallest absolute Gasteiger partial charge is 0.270 e. The minimum absolute atomic E-state index is 0.00312. The maximum atomic E-state index is 12.3. The molecule has 0 bridgehead atoms. The van der Waals surface area contributed by atoms with Crippen LogP contribution in [0.5, 0.6) is 0 Å². The largest absolute Gasteiger partial charge is 0.347 e. The number of carbonyl (C=O) groups excluding carboxylic acids is 1. The Balaban J connectivity index is 1.75. The number of rotatable bonds is 6. The van der Waals surface area contributed by atoms with Crippen LogP contribution < -0.4 is 5.32 Å². The van der Waals surface area contributed by atoms with E-state index >= 15 is 0 Å². The standard InChI is InChI=1S/C21H15N3O3S/c22-13-17(21(25)23-14-15-5-2-1-3-6-15)12-19-9-10-20(28-19)16-7-4-8-18(11-16)24(26)27/h1-12H,14H2,(H,23,25)/b17-12+. The molecule has 0 aliphatic heterocycles. The molecule has 1 heterocycles. The van der Waals surface area contributed by atoms with Gasteiger partial charge in [-0.05, 0) is 29.3 Å². The van der Waals surface area contributed by atoms with E-state index in [2.05, 4.69) is 5.32 Å². The number of nitro benzene ring substituents is 1. The van der Waals surface area contributed by atoms with Crippen LogP contribution in [0.3, 0.4) is 0 Å². The summed E-state index contributed by atoms with van der Waals surface area (Å²) in [7, 11) is 0. The number of nitro groups is 1. The molecule has 0 atom stereocenters. The molecule has 3 rings (SSSR count). The number of hydrogen-bond donors (Lipinski definition) is 1. The zero-order valence-electron chi connectivity index (χ0n) is 14.7. The van der Waals surface area contributed by atoms with Crippen LogP contribution in [0.25, 0.3) is 16.5 Å².